The van der Waals surface area contributed by atoms with Gasteiger partial charge in [-0.15, -0.1) is 0 Å². The van der Waals surface area contributed by atoms with Gasteiger partial charge in [-0.25, -0.2) is 4.79 Å². The van der Waals surface area contributed by atoms with Crippen molar-refractivity contribution < 1.29 is 29.1 Å². The second-order valence-electron chi connectivity index (χ2n) is 8.73. The Balaban J connectivity index is 2.92. The van der Waals surface area contributed by atoms with Gasteiger partial charge >= 0.3 is 5.97 Å². The van der Waals surface area contributed by atoms with Crippen LogP contribution in [0.15, 0.2) is 0 Å². The molecule has 1 saturated heterocycles. The Labute approximate surface area is 182 Å². The Kier molecular flexibility index (Phi) is 9.89. The van der Waals surface area contributed by atoms with Crippen molar-refractivity contribution in [3.63, 3.8) is 0 Å². The summed E-state index contributed by atoms with van der Waals surface area (Å²) < 4.78 is 0. The summed E-state index contributed by atoms with van der Waals surface area (Å²) in [6.45, 7) is 7.48. The molecule has 4 atom stereocenters. The largest absolute Gasteiger partial charge is 0.480 e. The molecule has 0 bridgehead atoms. The van der Waals surface area contributed by atoms with Crippen molar-refractivity contribution in [3.05, 3.63) is 0 Å². The van der Waals surface area contributed by atoms with E-state index in [9.17, 15) is 29.1 Å². The SMILES string of the molecule is CC(C)CC(NC(=O)C1CCCN1C(=O)C(NC(=O)C(N)CC(N)=O)C(C)C)C(=O)O. The average molecular weight is 442 g/mol. The number of likely N-dealkylation sites (tertiary alicyclic amines) is 1. The number of hydrogen-bond acceptors (Lipinski definition) is 6. The monoisotopic (exact) mass is 441 g/mol. The zero-order chi connectivity index (χ0) is 23.9. The van der Waals surface area contributed by atoms with E-state index in [2.05, 4.69) is 10.6 Å². The van der Waals surface area contributed by atoms with Gasteiger partial charge in [0.1, 0.15) is 18.1 Å². The molecule has 4 unspecified atom stereocenters. The number of carboxylic acids is 1. The van der Waals surface area contributed by atoms with Crippen molar-refractivity contribution >= 4 is 29.6 Å². The third kappa shape index (κ3) is 7.82. The average Bonchev–Trinajstić information content (AvgIpc) is 3.13. The van der Waals surface area contributed by atoms with Gasteiger partial charge < -0.3 is 32.1 Å². The molecule has 0 radical (unpaired) electrons. The van der Waals surface area contributed by atoms with Gasteiger partial charge in [0.05, 0.1) is 12.5 Å². The van der Waals surface area contributed by atoms with Crippen molar-refractivity contribution in [3.8, 4) is 0 Å². The number of nitrogens with one attached hydrogen (secondary N) is 2. The first kappa shape index (κ1) is 26.3. The second kappa shape index (κ2) is 11.6. The van der Waals surface area contributed by atoms with E-state index < -0.39 is 53.8 Å². The number of primary amides is 1. The van der Waals surface area contributed by atoms with E-state index in [1.165, 1.54) is 4.90 Å². The van der Waals surface area contributed by atoms with Crippen LogP contribution >= 0.6 is 0 Å². The van der Waals surface area contributed by atoms with Gasteiger partial charge in [0.15, 0.2) is 0 Å². The zero-order valence-electron chi connectivity index (χ0n) is 18.6. The Hall–Kier alpha value is -2.69. The summed E-state index contributed by atoms with van der Waals surface area (Å²) in [5.74, 6) is -3.79. The summed E-state index contributed by atoms with van der Waals surface area (Å²) in [6.07, 6.45) is 0.882. The molecule has 0 aromatic rings. The van der Waals surface area contributed by atoms with Gasteiger partial charge in [0.25, 0.3) is 0 Å². The maximum Gasteiger partial charge on any atom is 0.326 e. The fourth-order valence-corrected chi connectivity index (χ4v) is 3.53. The van der Waals surface area contributed by atoms with Crippen molar-refractivity contribution in [2.45, 2.75) is 77.5 Å². The molecule has 0 aliphatic carbocycles. The van der Waals surface area contributed by atoms with E-state index in [-0.39, 0.29) is 24.7 Å². The van der Waals surface area contributed by atoms with E-state index in [1.807, 2.05) is 13.8 Å². The minimum atomic E-state index is -1.18. The first-order valence-electron chi connectivity index (χ1n) is 10.5. The summed E-state index contributed by atoms with van der Waals surface area (Å²) in [7, 11) is 0. The van der Waals surface area contributed by atoms with Crippen molar-refractivity contribution in [1.82, 2.24) is 15.5 Å². The van der Waals surface area contributed by atoms with Gasteiger partial charge in [-0.05, 0) is 31.1 Å². The van der Waals surface area contributed by atoms with Gasteiger partial charge in [0.2, 0.25) is 23.6 Å². The van der Waals surface area contributed by atoms with Crippen LogP contribution in [0.25, 0.3) is 0 Å². The summed E-state index contributed by atoms with van der Waals surface area (Å²) in [5.41, 5.74) is 10.7. The Morgan fingerprint density at radius 3 is 2.19 bits per heavy atom. The molecule has 1 rings (SSSR count). The number of nitrogens with two attached hydrogens (primary N) is 2. The summed E-state index contributed by atoms with van der Waals surface area (Å²) >= 11 is 0. The van der Waals surface area contributed by atoms with Crippen LogP contribution < -0.4 is 22.1 Å². The van der Waals surface area contributed by atoms with E-state index >= 15 is 0 Å². The lowest BCUT2D eigenvalue weighted by atomic mass is 10.0. The number of aliphatic carboxylic acids is 1. The molecule has 1 aliphatic rings. The lowest BCUT2D eigenvalue weighted by Crippen LogP contribution is -2.58. The standard InChI is InChI=1S/C20H35N5O6/c1-10(2)8-13(20(30)31)23-18(28)14-6-5-7-25(14)19(29)16(11(3)4)24-17(27)12(21)9-15(22)26/h10-14,16H,5-9,21H2,1-4H3,(H2,22,26)(H,23,28)(H,24,27)(H,30,31). The Bertz CT molecular complexity index is 696. The topological polar surface area (TPSA) is 185 Å². The highest BCUT2D eigenvalue weighted by molar-refractivity contribution is 5.95. The lowest BCUT2D eigenvalue weighted by molar-refractivity contribution is -0.145. The lowest BCUT2D eigenvalue weighted by Gasteiger charge is -2.31. The zero-order valence-corrected chi connectivity index (χ0v) is 18.6. The van der Waals surface area contributed by atoms with Crippen molar-refractivity contribution in [2.75, 3.05) is 6.54 Å². The van der Waals surface area contributed by atoms with Gasteiger partial charge in [-0.2, -0.15) is 0 Å². The molecule has 0 aromatic heterocycles. The first-order valence-corrected chi connectivity index (χ1v) is 10.5. The maximum absolute atomic E-state index is 13.2. The molecule has 1 fully saturated rings. The number of amides is 4. The minimum Gasteiger partial charge on any atom is -0.480 e. The van der Waals surface area contributed by atoms with Crippen LogP contribution in [0, 0.1) is 11.8 Å². The summed E-state index contributed by atoms with van der Waals surface area (Å²) in [4.78, 5) is 62.1. The molecule has 0 aromatic carbocycles. The Morgan fingerprint density at radius 1 is 1.10 bits per heavy atom. The molecule has 11 heteroatoms. The third-order valence-electron chi connectivity index (χ3n) is 5.15. The van der Waals surface area contributed by atoms with E-state index in [4.69, 9.17) is 11.5 Å². The highest BCUT2D eigenvalue weighted by Crippen LogP contribution is 2.21. The van der Waals surface area contributed by atoms with Gasteiger partial charge in [-0.3, -0.25) is 19.2 Å². The molecule has 0 saturated carbocycles. The van der Waals surface area contributed by atoms with Crippen LogP contribution in [0.1, 0.15) is 53.4 Å². The normalized spacial score (nSPS) is 19.1. The smallest absolute Gasteiger partial charge is 0.326 e. The highest BCUT2D eigenvalue weighted by atomic mass is 16.4. The fraction of sp³-hybridized carbons (Fsp3) is 0.750. The minimum absolute atomic E-state index is 0.0628. The first-order chi connectivity index (χ1) is 14.3. The van der Waals surface area contributed by atoms with E-state index in [1.54, 1.807) is 13.8 Å². The van der Waals surface area contributed by atoms with Crippen LogP contribution in [0.2, 0.25) is 0 Å². The quantitative estimate of drug-likeness (QED) is 0.270. The molecule has 176 valence electrons. The molecule has 0 spiro atoms. The Morgan fingerprint density at radius 2 is 1.71 bits per heavy atom. The van der Waals surface area contributed by atoms with Crippen LogP contribution in [0.4, 0.5) is 0 Å². The van der Waals surface area contributed by atoms with Gasteiger partial charge in [0, 0.05) is 6.54 Å². The van der Waals surface area contributed by atoms with E-state index in [0.29, 0.717) is 19.4 Å². The van der Waals surface area contributed by atoms with Crippen molar-refractivity contribution in [1.29, 1.82) is 0 Å². The molecule has 7 N–H and O–H groups in total. The molecule has 4 amide bonds. The van der Waals surface area contributed by atoms with Crippen molar-refractivity contribution in [2.24, 2.45) is 23.3 Å². The third-order valence-corrected chi connectivity index (χ3v) is 5.15. The van der Waals surface area contributed by atoms with Crippen LogP contribution in [-0.4, -0.2) is 70.3 Å². The highest BCUT2D eigenvalue weighted by Gasteiger charge is 2.40. The predicted molar refractivity (Wildman–Crippen MR) is 112 cm³/mol. The number of carboxylic acid groups (broad SMARTS) is 1. The summed E-state index contributed by atoms with van der Waals surface area (Å²) in [5, 5.41) is 14.5. The summed E-state index contributed by atoms with van der Waals surface area (Å²) in [6, 6.07) is -4.00. The number of nitrogens with zero attached hydrogens (tertiary/aromatic N) is 1. The molecular formula is C20H35N5O6. The molecular weight excluding hydrogens is 406 g/mol. The van der Waals surface area contributed by atoms with Crippen LogP contribution in [-0.2, 0) is 24.0 Å². The van der Waals surface area contributed by atoms with E-state index in [0.717, 1.165) is 0 Å². The molecule has 11 nitrogen and oxygen atoms in total. The number of rotatable bonds is 11. The number of hydrogen-bond donors (Lipinski definition) is 5. The van der Waals surface area contributed by atoms with Crippen LogP contribution in [0.3, 0.4) is 0 Å². The molecule has 1 heterocycles. The number of carbonyl (C=O) groups is 5. The predicted octanol–water partition coefficient (Wildman–Crippen LogP) is -1.06. The second-order valence-corrected chi connectivity index (χ2v) is 8.73. The maximum atomic E-state index is 13.2. The van der Waals surface area contributed by atoms with Gasteiger partial charge in [-0.1, -0.05) is 27.7 Å². The fourth-order valence-electron chi connectivity index (χ4n) is 3.53. The van der Waals surface area contributed by atoms with Crippen LogP contribution in [0.5, 0.6) is 0 Å². The molecule has 31 heavy (non-hydrogen) atoms. The number of carbonyl (C=O) groups excluding carboxylic acids is 4. The molecule has 1 aliphatic heterocycles.